The molecule has 1 fully saturated rings. The normalized spacial score (nSPS) is 21.1. The Bertz CT molecular complexity index is 1350. The van der Waals surface area contributed by atoms with Gasteiger partial charge in [-0.25, -0.2) is 0 Å². The summed E-state index contributed by atoms with van der Waals surface area (Å²) in [5.74, 6) is -2.09. The summed E-state index contributed by atoms with van der Waals surface area (Å²) in [5.41, 5.74) is 0. The minimum Gasteiger partial charge on any atom is -0.462 e. The highest BCUT2D eigenvalue weighted by atomic mass is 32.2. The second-order valence-electron chi connectivity index (χ2n) is 14.6. The fraction of sp³-hybridized carbons (Fsp3) is 0.689. The highest BCUT2D eigenvalue weighted by molar-refractivity contribution is 7.85. The van der Waals surface area contributed by atoms with Gasteiger partial charge in [0.2, 0.25) is 0 Å². The molecule has 13 heteroatoms. The summed E-state index contributed by atoms with van der Waals surface area (Å²) in [6.07, 6.45) is 33.9. The molecule has 0 aliphatic carbocycles. The van der Waals surface area contributed by atoms with Crippen molar-refractivity contribution in [2.24, 2.45) is 0 Å². The van der Waals surface area contributed by atoms with Gasteiger partial charge in [0.25, 0.3) is 10.1 Å². The molecule has 0 radical (unpaired) electrons. The zero-order valence-electron chi connectivity index (χ0n) is 35.1. The van der Waals surface area contributed by atoms with Crippen molar-refractivity contribution in [3.05, 3.63) is 72.9 Å². The number of hydrogen-bond acceptors (Lipinski definition) is 11. The number of esters is 2. The number of carbonyl (C=O) groups is 2. The van der Waals surface area contributed by atoms with Gasteiger partial charge in [0, 0.05) is 12.8 Å². The van der Waals surface area contributed by atoms with E-state index in [4.69, 9.17) is 18.9 Å². The van der Waals surface area contributed by atoms with E-state index in [9.17, 15) is 37.9 Å². The Hall–Kier alpha value is -2.91. The molecule has 1 heterocycles. The molecule has 1 rings (SSSR count). The summed E-state index contributed by atoms with van der Waals surface area (Å²) >= 11 is 0. The van der Waals surface area contributed by atoms with Crippen LogP contribution in [0.15, 0.2) is 72.9 Å². The van der Waals surface area contributed by atoms with Gasteiger partial charge >= 0.3 is 11.9 Å². The van der Waals surface area contributed by atoms with Gasteiger partial charge < -0.3 is 34.3 Å². The molecule has 4 N–H and O–H groups in total. The van der Waals surface area contributed by atoms with Crippen LogP contribution < -0.4 is 0 Å². The van der Waals surface area contributed by atoms with Crippen molar-refractivity contribution >= 4 is 22.1 Å². The highest BCUT2D eigenvalue weighted by Gasteiger charge is 2.46. The second-order valence-corrected chi connectivity index (χ2v) is 16.1. The molecule has 0 aromatic rings. The Labute approximate surface area is 348 Å². The number of unbranched alkanes of at least 4 members (excludes halogenated alkanes) is 10. The average molecular weight is 839 g/mol. The largest absolute Gasteiger partial charge is 0.462 e. The molecule has 6 atom stereocenters. The van der Waals surface area contributed by atoms with Crippen molar-refractivity contribution < 1.29 is 56.8 Å². The van der Waals surface area contributed by atoms with Gasteiger partial charge in [-0.1, -0.05) is 119 Å². The molecule has 1 saturated heterocycles. The molecule has 58 heavy (non-hydrogen) atoms. The van der Waals surface area contributed by atoms with Crippen LogP contribution in [0.25, 0.3) is 0 Å². The standard InChI is InChI=1S/C45H74O12S/c1-3-5-7-9-11-13-15-17-19-21-23-25-27-29-31-33-40(46)54-35-38(36-55-45-44(50)43(49)42(48)39(57-45)37-58(51,52)53)56-41(47)34-32-30-28-26-24-22-20-18-16-14-12-10-8-6-4-2/h6,8,12,14,17-20,23-26,38-39,42-45,48-50H,3-5,7,9-11,13,15-16,21-22,27-37H2,1-2H3,(H,51,52,53)/b8-6+,14-12+,19-17+,20-18+,25-23+,26-24+/t38-,39-,42-,43?,44?,45+/m1/s1. The smallest absolute Gasteiger partial charge is 0.306 e. The van der Waals surface area contributed by atoms with Crippen LogP contribution in [0.2, 0.25) is 0 Å². The third-order valence-electron chi connectivity index (χ3n) is 9.27. The molecule has 0 bridgehead atoms. The summed E-state index contributed by atoms with van der Waals surface area (Å²) in [5, 5.41) is 30.8. The van der Waals surface area contributed by atoms with Crippen molar-refractivity contribution in [2.45, 2.75) is 179 Å². The molecular formula is C45H74O12S. The fourth-order valence-corrected chi connectivity index (χ4v) is 6.62. The lowest BCUT2D eigenvalue weighted by Crippen LogP contribution is -2.60. The van der Waals surface area contributed by atoms with Gasteiger partial charge in [-0.05, 0) is 83.5 Å². The molecule has 0 amide bonds. The van der Waals surface area contributed by atoms with Crippen LogP contribution in [0, 0.1) is 0 Å². The van der Waals surface area contributed by atoms with E-state index in [1.165, 1.54) is 38.5 Å². The Balaban J connectivity index is 2.54. The minimum absolute atomic E-state index is 0.101. The molecule has 2 unspecified atom stereocenters. The first-order valence-electron chi connectivity index (χ1n) is 21.5. The Morgan fingerprint density at radius 3 is 1.62 bits per heavy atom. The summed E-state index contributed by atoms with van der Waals surface area (Å²) in [6.45, 7) is 3.55. The van der Waals surface area contributed by atoms with Crippen molar-refractivity contribution in [2.75, 3.05) is 19.0 Å². The van der Waals surface area contributed by atoms with E-state index in [0.29, 0.717) is 12.8 Å². The number of allylic oxidation sites excluding steroid dienone is 12. The quantitative estimate of drug-likeness (QED) is 0.0210. The zero-order valence-corrected chi connectivity index (χ0v) is 35.9. The lowest BCUT2D eigenvalue weighted by Gasteiger charge is -2.40. The molecule has 332 valence electrons. The maximum Gasteiger partial charge on any atom is 0.306 e. The number of hydrogen-bond donors (Lipinski definition) is 4. The Kier molecular flexibility index (Phi) is 32.0. The van der Waals surface area contributed by atoms with Gasteiger partial charge in [0.05, 0.1) is 6.61 Å². The SMILES string of the molecule is CC/C=C/C/C=C/C/C=C/C/C=C/CCCCC(=O)O[C@H](COC(=O)CCCC/C=C/C/C=C/CCCCCCCC)CO[C@H]1O[C@H](CS(=O)(=O)O)[C@@H](O)C(O)C1O. The predicted molar refractivity (Wildman–Crippen MR) is 228 cm³/mol. The van der Waals surface area contributed by atoms with Crippen LogP contribution in [0.5, 0.6) is 0 Å². The second kappa shape index (κ2) is 34.9. The van der Waals surface area contributed by atoms with Crippen molar-refractivity contribution in [1.82, 2.24) is 0 Å². The summed E-state index contributed by atoms with van der Waals surface area (Å²) in [6, 6.07) is 0. The van der Waals surface area contributed by atoms with E-state index in [1.54, 1.807) is 0 Å². The number of carbonyl (C=O) groups excluding carboxylic acids is 2. The molecule has 1 aliphatic heterocycles. The summed E-state index contributed by atoms with van der Waals surface area (Å²) in [7, 11) is -4.61. The lowest BCUT2D eigenvalue weighted by molar-refractivity contribution is -0.297. The molecule has 1 aliphatic rings. The third kappa shape index (κ3) is 29.3. The average Bonchev–Trinajstić information content (AvgIpc) is 3.18. The van der Waals surface area contributed by atoms with Crippen LogP contribution in [0.1, 0.15) is 142 Å². The van der Waals surface area contributed by atoms with E-state index in [1.807, 2.05) is 0 Å². The van der Waals surface area contributed by atoms with Crippen molar-refractivity contribution in [3.8, 4) is 0 Å². The first-order valence-corrected chi connectivity index (χ1v) is 23.1. The maximum atomic E-state index is 12.8. The van der Waals surface area contributed by atoms with Gasteiger partial charge in [0.1, 0.15) is 36.8 Å². The first kappa shape index (κ1) is 53.1. The van der Waals surface area contributed by atoms with Crippen LogP contribution in [0.4, 0.5) is 0 Å². The molecule has 12 nitrogen and oxygen atoms in total. The monoisotopic (exact) mass is 838 g/mol. The molecule has 0 aromatic heterocycles. The van der Waals surface area contributed by atoms with E-state index >= 15 is 0 Å². The van der Waals surface area contributed by atoms with Crippen molar-refractivity contribution in [3.63, 3.8) is 0 Å². The van der Waals surface area contributed by atoms with Crippen LogP contribution in [-0.2, 0) is 38.7 Å². The van der Waals surface area contributed by atoms with E-state index in [2.05, 4.69) is 86.8 Å². The van der Waals surface area contributed by atoms with Gasteiger partial charge in [-0.2, -0.15) is 8.42 Å². The fourth-order valence-electron chi connectivity index (χ4n) is 5.93. The van der Waals surface area contributed by atoms with Gasteiger partial charge in [0.15, 0.2) is 12.4 Å². The van der Waals surface area contributed by atoms with Gasteiger partial charge in [-0.15, -0.1) is 0 Å². The highest BCUT2D eigenvalue weighted by Crippen LogP contribution is 2.24. The molecular weight excluding hydrogens is 765 g/mol. The van der Waals surface area contributed by atoms with E-state index < -0.39 is 71.2 Å². The minimum atomic E-state index is -4.61. The van der Waals surface area contributed by atoms with Crippen LogP contribution in [0.3, 0.4) is 0 Å². The maximum absolute atomic E-state index is 12.8. The van der Waals surface area contributed by atoms with Crippen LogP contribution >= 0.6 is 0 Å². The molecule has 0 spiro atoms. The summed E-state index contributed by atoms with van der Waals surface area (Å²) in [4.78, 5) is 25.3. The first-order chi connectivity index (χ1) is 28.0. The predicted octanol–water partition coefficient (Wildman–Crippen LogP) is 8.33. The number of rotatable bonds is 34. The lowest BCUT2D eigenvalue weighted by atomic mass is 10.00. The number of aliphatic hydroxyl groups excluding tert-OH is 3. The van der Waals surface area contributed by atoms with Crippen LogP contribution in [-0.4, -0.2) is 96.0 Å². The third-order valence-corrected chi connectivity index (χ3v) is 10.0. The topological polar surface area (TPSA) is 186 Å². The number of aliphatic hydroxyl groups is 3. The Morgan fingerprint density at radius 1 is 0.603 bits per heavy atom. The van der Waals surface area contributed by atoms with Gasteiger partial charge in [-0.3, -0.25) is 14.1 Å². The molecule has 0 saturated carbocycles. The number of ether oxygens (including phenoxy) is 4. The van der Waals surface area contributed by atoms with Crippen molar-refractivity contribution in [1.29, 1.82) is 0 Å². The zero-order chi connectivity index (χ0) is 42.7. The Morgan fingerprint density at radius 2 is 1.09 bits per heavy atom. The molecule has 0 aromatic carbocycles. The van der Waals surface area contributed by atoms with E-state index in [0.717, 1.165) is 64.2 Å². The summed E-state index contributed by atoms with van der Waals surface area (Å²) < 4.78 is 53.9. The van der Waals surface area contributed by atoms with E-state index in [-0.39, 0.29) is 19.4 Å².